The zero-order valence-electron chi connectivity index (χ0n) is 6.91. The Balaban J connectivity index is 2.81. The summed E-state index contributed by atoms with van der Waals surface area (Å²) in [5, 5.41) is 1.24. The largest absolute Gasteiger partial charge is 0.219 e. The molecule has 1 aliphatic rings. The highest BCUT2D eigenvalue weighted by Gasteiger charge is 2.21. The van der Waals surface area contributed by atoms with Crippen LogP contribution in [-0.2, 0) is 9.84 Å². The van der Waals surface area contributed by atoms with Crippen LogP contribution in [0.25, 0.3) is 6.08 Å². The second-order valence-corrected chi connectivity index (χ2v) is 5.64. The van der Waals surface area contributed by atoms with Gasteiger partial charge in [0.25, 0.3) is 0 Å². The topological polar surface area (TPSA) is 34.1 Å². The lowest BCUT2D eigenvalue weighted by Gasteiger charge is -2.02. The Morgan fingerprint density at radius 3 is 2.69 bits per heavy atom. The normalized spacial score (nSPS) is 17.4. The van der Waals surface area contributed by atoms with Gasteiger partial charge in [0.15, 0.2) is 9.84 Å². The number of aryl methyl sites for hydroxylation is 1. The predicted molar refractivity (Wildman–Crippen MR) is 55.1 cm³/mol. The van der Waals surface area contributed by atoms with Crippen molar-refractivity contribution >= 4 is 31.8 Å². The number of rotatable bonds is 0. The van der Waals surface area contributed by atoms with Gasteiger partial charge < -0.3 is 0 Å². The average molecular weight is 259 g/mol. The van der Waals surface area contributed by atoms with Gasteiger partial charge in [0, 0.05) is 9.88 Å². The molecule has 0 saturated carbocycles. The molecule has 1 aromatic rings. The van der Waals surface area contributed by atoms with Gasteiger partial charge in [0.2, 0.25) is 0 Å². The van der Waals surface area contributed by atoms with Gasteiger partial charge in [-0.05, 0) is 36.3 Å². The Kier molecular flexibility index (Phi) is 1.85. The Labute approximate surface area is 85.3 Å². The molecular formula is C9H7BrO2S. The third-order valence-corrected chi connectivity index (χ3v) is 4.34. The van der Waals surface area contributed by atoms with Gasteiger partial charge in [-0.25, -0.2) is 8.42 Å². The Morgan fingerprint density at radius 2 is 2.00 bits per heavy atom. The zero-order valence-corrected chi connectivity index (χ0v) is 9.31. The van der Waals surface area contributed by atoms with E-state index in [-0.39, 0.29) is 0 Å². The van der Waals surface area contributed by atoms with E-state index in [9.17, 15) is 8.42 Å². The van der Waals surface area contributed by atoms with Crippen molar-refractivity contribution in [3.05, 3.63) is 33.1 Å². The fourth-order valence-electron chi connectivity index (χ4n) is 1.30. The molecule has 0 amide bonds. The van der Waals surface area contributed by atoms with Gasteiger partial charge in [-0.2, -0.15) is 0 Å². The predicted octanol–water partition coefficient (Wildman–Crippen LogP) is 2.52. The molecule has 0 saturated heterocycles. The Hall–Kier alpha value is -0.610. The second-order valence-electron chi connectivity index (χ2n) is 2.99. The van der Waals surface area contributed by atoms with Crippen molar-refractivity contribution in [1.82, 2.24) is 0 Å². The molecule has 1 aromatic carbocycles. The van der Waals surface area contributed by atoms with Crippen molar-refractivity contribution < 1.29 is 8.42 Å². The molecule has 0 aliphatic carbocycles. The molecule has 0 spiro atoms. The van der Waals surface area contributed by atoms with E-state index in [0.29, 0.717) is 4.90 Å². The number of halogens is 1. The van der Waals surface area contributed by atoms with Crippen LogP contribution in [0.1, 0.15) is 11.1 Å². The minimum absolute atomic E-state index is 0.393. The molecule has 0 fully saturated rings. The molecule has 0 unspecified atom stereocenters. The maximum absolute atomic E-state index is 11.4. The average Bonchev–Trinajstić information content (AvgIpc) is 2.31. The standard InChI is InChI=1S/C9H7BrO2S/c1-6-4-7-2-3-13(11,12)9(7)5-8(6)10/h2-5H,1H3. The summed E-state index contributed by atoms with van der Waals surface area (Å²) in [6, 6.07) is 3.51. The number of benzene rings is 1. The van der Waals surface area contributed by atoms with E-state index in [1.165, 1.54) is 5.41 Å². The van der Waals surface area contributed by atoms with Crippen molar-refractivity contribution in [2.75, 3.05) is 0 Å². The van der Waals surface area contributed by atoms with Crippen molar-refractivity contribution in [3.63, 3.8) is 0 Å². The molecular weight excluding hydrogens is 252 g/mol. The molecule has 1 aliphatic heterocycles. The quantitative estimate of drug-likeness (QED) is 0.717. The van der Waals surface area contributed by atoms with Gasteiger partial charge in [0.1, 0.15) is 0 Å². The van der Waals surface area contributed by atoms with E-state index < -0.39 is 9.84 Å². The van der Waals surface area contributed by atoms with Crippen LogP contribution in [0.15, 0.2) is 26.9 Å². The highest BCUT2D eigenvalue weighted by Crippen LogP contribution is 2.31. The molecule has 0 aromatic heterocycles. The Bertz CT molecular complexity index is 501. The van der Waals surface area contributed by atoms with Gasteiger partial charge in [-0.3, -0.25) is 0 Å². The van der Waals surface area contributed by atoms with E-state index in [2.05, 4.69) is 15.9 Å². The van der Waals surface area contributed by atoms with Crippen LogP contribution in [0.2, 0.25) is 0 Å². The van der Waals surface area contributed by atoms with Gasteiger partial charge in [-0.15, -0.1) is 0 Å². The lowest BCUT2D eigenvalue weighted by molar-refractivity contribution is 0.605. The second kappa shape index (κ2) is 2.69. The van der Waals surface area contributed by atoms with Crippen molar-refractivity contribution in [1.29, 1.82) is 0 Å². The summed E-state index contributed by atoms with van der Waals surface area (Å²) in [5.74, 6) is 0. The van der Waals surface area contributed by atoms with E-state index in [1.54, 1.807) is 12.1 Å². The monoisotopic (exact) mass is 258 g/mol. The van der Waals surface area contributed by atoms with E-state index in [0.717, 1.165) is 15.6 Å². The summed E-state index contributed by atoms with van der Waals surface area (Å²) >= 11 is 3.31. The molecule has 2 rings (SSSR count). The van der Waals surface area contributed by atoms with Gasteiger partial charge in [-0.1, -0.05) is 15.9 Å². The maximum Gasteiger partial charge on any atom is 0.200 e. The number of hydrogen-bond acceptors (Lipinski definition) is 2. The lowest BCUT2D eigenvalue weighted by atomic mass is 10.1. The summed E-state index contributed by atoms with van der Waals surface area (Å²) in [6.45, 7) is 1.93. The molecule has 0 atom stereocenters. The van der Waals surface area contributed by atoms with Crippen LogP contribution in [0.4, 0.5) is 0 Å². The first kappa shape index (κ1) is 8.97. The van der Waals surface area contributed by atoms with Crippen LogP contribution in [-0.4, -0.2) is 8.42 Å². The minimum Gasteiger partial charge on any atom is -0.219 e. The highest BCUT2D eigenvalue weighted by molar-refractivity contribution is 9.10. The van der Waals surface area contributed by atoms with Crippen LogP contribution in [0.5, 0.6) is 0 Å². The van der Waals surface area contributed by atoms with Crippen LogP contribution in [0, 0.1) is 6.92 Å². The molecule has 0 bridgehead atoms. The van der Waals surface area contributed by atoms with E-state index >= 15 is 0 Å². The first-order valence-corrected chi connectivity index (χ1v) is 6.08. The van der Waals surface area contributed by atoms with Crippen LogP contribution < -0.4 is 0 Å². The maximum atomic E-state index is 11.4. The lowest BCUT2D eigenvalue weighted by Crippen LogP contribution is -1.94. The number of fused-ring (bicyclic) bond motifs is 1. The SMILES string of the molecule is Cc1cc2c(cc1Br)S(=O)(=O)C=C2. The smallest absolute Gasteiger partial charge is 0.200 e. The third-order valence-electron chi connectivity index (χ3n) is 2.02. The number of sulfone groups is 1. The summed E-state index contributed by atoms with van der Waals surface area (Å²) in [5.41, 5.74) is 1.82. The number of hydrogen-bond donors (Lipinski definition) is 0. The third kappa shape index (κ3) is 1.34. The minimum atomic E-state index is -3.16. The summed E-state index contributed by atoms with van der Waals surface area (Å²) in [6.07, 6.45) is 1.63. The fraction of sp³-hybridized carbons (Fsp3) is 0.111. The van der Waals surface area contributed by atoms with Crippen LogP contribution in [0.3, 0.4) is 0 Å². The fourth-order valence-corrected chi connectivity index (χ4v) is 3.00. The molecule has 13 heavy (non-hydrogen) atoms. The molecule has 4 heteroatoms. The Morgan fingerprint density at radius 1 is 1.31 bits per heavy atom. The van der Waals surface area contributed by atoms with E-state index in [4.69, 9.17) is 0 Å². The summed E-state index contributed by atoms with van der Waals surface area (Å²) in [4.78, 5) is 0.393. The molecule has 68 valence electrons. The first-order chi connectivity index (χ1) is 6.00. The van der Waals surface area contributed by atoms with Gasteiger partial charge in [0.05, 0.1) is 4.90 Å². The molecule has 0 radical (unpaired) electrons. The van der Waals surface area contributed by atoms with Crippen molar-refractivity contribution in [2.24, 2.45) is 0 Å². The van der Waals surface area contributed by atoms with E-state index in [1.807, 2.05) is 13.0 Å². The van der Waals surface area contributed by atoms with Crippen molar-refractivity contribution in [3.8, 4) is 0 Å². The van der Waals surface area contributed by atoms with Crippen LogP contribution >= 0.6 is 15.9 Å². The van der Waals surface area contributed by atoms with Gasteiger partial charge >= 0.3 is 0 Å². The highest BCUT2D eigenvalue weighted by atomic mass is 79.9. The zero-order chi connectivity index (χ0) is 9.64. The summed E-state index contributed by atoms with van der Waals surface area (Å²) < 4.78 is 23.6. The first-order valence-electron chi connectivity index (χ1n) is 3.74. The molecule has 0 N–H and O–H groups in total. The summed E-state index contributed by atoms with van der Waals surface area (Å²) in [7, 11) is -3.16. The molecule has 1 heterocycles. The molecule has 2 nitrogen and oxygen atoms in total. The van der Waals surface area contributed by atoms with Crippen molar-refractivity contribution in [2.45, 2.75) is 11.8 Å².